The fraction of sp³-hybridized carbons (Fsp3) is 0.273. The van der Waals surface area contributed by atoms with Crippen LogP contribution in [-0.2, 0) is 0 Å². The third kappa shape index (κ3) is 2.32. The number of nitrogens with zero attached hydrogens (tertiary/aromatic N) is 2. The number of aromatic nitrogens is 2. The molecule has 0 saturated carbocycles. The Balaban J connectivity index is 2.41. The lowest BCUT2D eigenvalue weighted by Gasteiger charge is -2.13. The SMILES string of the molecule is COc1cnc(C(N)c2ccoc2Br)c(OC)n1. The quantitative estimate of drug-likeness (QED) is 0.928. The van der Waals surface area contributed by atoms with E-state index in [9.17, 15) is 0 Å². The molecule has 18 heavy (non-hydrogen) atoms. The van der Waals surface area contributed by atoms with Crippen molar-refractivity contribution in [3.63, 3.8) is 0 Å². The van der Waals surface area contributed by atoms with Gasteiger partial charge in [-0.1, -0.05) is 0 Å². The summed E-state index contributed by atoms with van der Waals surface area (Å²) in [5.41, 5.74) is 7.40. The highest BCUT2D eigenvalue weighted by atomic mass is 79.9. The molecule has 2 heterocycles. The van der Waals surface area contributed by atoms with Crippen LogP contribution in [0, 0.1) is 0 Å². The van der Waals surface area contributed by atoms with Crippen molar-refractivity contribution >= 4 is 15.9 Å². The van der Waals surface area contributed by atoms with Crippen molar-refractivity contribution in [2.75, 3.05) is 14.2 Å². The first kappa shape index (κ1) is 12.8. The van der Waals surface area contributed by atoms with E-state index >= 15 is 0 Å². The average Bonchev–Trinajstić information content (AvgIpc) is 2.83. The summed E-state index contributed by atoms with van der Waals surface area (Å²) in [5, 5.41) is 0. The molecule has 96 valence electrons. The van der Waals surface area contributed by atoms with Crippen molar-refractivity contribution in [2.24, 2.45) is 5.73 Å². The predicted octanol–water partition coefficient (Wildman–Crippen LogP) is 1.90. The van der Waals surface area contributed by atoms with Gasteiger partial charge in [-0.15, -0.1) is 0 Å². The molecule has 2 aromatic rings. The molecule has 0 aliphatic heterocycles. The molecule has 1 unspecified atom stereocenters. The van der Waals surface area contributed by atoms with Gasteiger partial charge in [0.15, 0.2) is 4.67 Å². The van der Waals surface area contributed by atoms with Gasteiger partial charge in [-0.2, -0.15) is 4.98 Å². The van der Waals surface area contributed by atoms with E-state index in [0.29, 0.717) is 22.1 Å². The van der Waals surface area contributed by atoms with Crippen LogP contribution >= 0.6 is 15.9 Å². The lowest BCUT2D eigenvalue weighted by atomic mass is 10.1. The molecule has 2 rings (SSSR count). The normalized spacial score (nSPS) is 12.2. The van der Waals surface area contributed by atoms with Crippen molar-refractivity contribution in [3.05, 3.63) is 34.5 Å². The number of nitrogens with two attached hydrogens (primary N) is 1. The summed E-state index contributed by atoms with van der Waals surface area (Å²) in [6, 6.07) is 1.27. The number of halogens is 1. The molecule has 0 aromatic carbocycles. The van der Waals surface area contributed by atoms with Gasteiger partial charge in [0.25, 0.3) is 0 Å². The summed E-state index contributed by atoms with van der Waals surface area (Å²) < 4.78 is 15.9. The Morgan fingerprint density at radius 2 is 2.17 bits per heavy atom. The Labute approximate surface area is 112 Å². The maximum absolute atomic E-state index is 6.12. The molecular formula is C11H12BrN3O3. The van der Waals surface area contributed by atoms with Crippen LogP contribution in [0.4, 0.5) is 0 Å². The molecule has 0 spiro atoms. The molecule has 2 aromatic heterocycles. The zero-order valence-electron chi connectivity index (χ0n) is 9.88. The van der Waals surface area contributed by atoms with Crippen LogP contribution in [-0.4, -0.2) is 24.2 Å². The predicted molar refractivity (Wildman–Crippen MR) is 67.6 cm³/mol. The molecule has 2 N–H and O–H groups in total. The number of furan rings is 1. The van der Waals surface area contributed by atoms with Gasteiger partial charge >= 0.3 is 0 Å². The summed E-state index contributed by atoms with van der Waals surface area (Å²) in [7, 11) is 3.01. The van der Waals surface area contributed by atoms with Crippen LogP contribution in [0.2, 0.25) is 0 Å². The van der Waals surface area contributed by atoms with Crippen LogP contribution in [0.3, 0.4) is 0 Å². The second-order valence-electron chi connectivity index (χ2n) is 3.43. The Bertz CT molecular complexity index is 544. The van der Waals surface area contributed by atoms with Gasteiger partial charge in [0.05, 0.1) is 32.7 Å². The van der Waals surface area contributed by atoms with Crippen molar-refractivity contribution in [1.29, 1.82) is 0 Å². The molecule has 0 fully saturated rings. The molecule has 1 atom stereocenters. The summed E-state index contributed by atoms with van der Waals surface area (Å²) in [6.07, 6.45) is 3.04. The Hall–Kier alpha value is -1.60. The molecule has 0 amide bonds. The van der Waals surface area contributed by atoms with E-state index in [1.165, 1.54) is 20.4 Å². The molecule has 0 aliphatic carbocycles. The molecule has 7 heteroatoms. The van der Waals surface area contributed by atoms with E-state index in [1.807, 2.05) is 0 Å². The van der Waals surface area contributed by atoms with Crippen LogP contribution < -0.4 is 15.2 Å². The van der Waals surface area contributed by atoms with Gasteiger partial charge in [0.1, 0.15) is 5.69 Å². The van der Waals surface area contributed by atoms with Gasteiger partial charge < -0.3 is 19.6 Å². The average molecular weight is 314 g/mol. The van der Waals surface area contributed by atoms with Gasteiger partial charge in [0.2, 0.25) is 11.8 Å². The fourth-order valence-electron chi connectivity index (χ4n) is 1.50. The maximum atomic E-state index is 6.12. The van der Waals surface area contributed by atoms with Crippen molar-refractivity contribution in [2.45, 2.75) is 6.04 Å². The van der Waals surface area contributed by atoms with Crippen LogP contribution in [0.5, 0.6) is 11.8 Å². The van der Waals surface area contributed by atoms with E-state index in [-0.39, 0.29) is 0 Å². The van der Waals surface area contributed by atoms with Crippen LogP contribution in [0.15, 0.2) is 27.6 Å². The summed E-state index contributed by atoms with van der Waals surface area (Å²) in [6.45, 7) is 0. The summed E-state index contributed by atoms with van der Waals surface area (Å²) >= 11 is 3.28. The number of hydrogen-bond acceptors (Lipinski definition) is 6. The van der Waals surface area contributed by atoms with E-state index in [2.05, 4.69) is 25.9 Å². The highest BCUT2D eigenvalue weighted by molar-refractivity contribution is 9.10. The topological polar surface area (TPSA) is 83.4 Å². The zero-order chi connectivity index (χ0) is 13.1. The molecule has 0 saturated heterocycles. The number of methoxy groups -OCH3 is 2. The summed E-state index contributed by atoms with van der Waals surface area (Å²) in [4.78, 5) is 8.35. The monoisotopic (exact) mass is 313 g/mol. The molecule has 0 aliphatic rings. The number of ether oxygens (including phenoxy) is 2. The highest BCUT2D eigenvalue weighted by Crippen LogP contribution is 2.31. The Morgan fingerprint density at radius 1 is 1.39 bits per heavy atom. The minimum atomic E-state index is -0.494. The second kappa shape index (κ2) is 5.36. The third-order valence-corrected chi connectivity index (χ3v) is 3.07. The largest absolute Gasteiger partial charge is 0.480 e. The lowest BCUT2D eigenvalue weighted by molar-refractivity contribution is 0.355. The van der Waals surface area contributed by atoms with E-state index < -0.39 is 6.04 Å². The van der Waals surface area contributed by atoms with E-state index in [0.717, 1.165) is 5.56 Å². The zero-order valence-corrected chi connectivity index (χ0v) is 11.5. The van der Waals surface area contributed by atoms with Gasteiger partial charge in [-0.3, -0.25) is 0 Å². The van der Waals surface area contributed by atoms with Crippen molar-refractivity contribution in [3.8, 4) is 11.8 Å². The first-order valence-electron chi connectivity index (χ1n) is 5.10. The number of hydrogen-bond donors (Lipinski definition) is 1. The minimum Gasteiger partial charge on any atom is -0.480 e. The maximum Gasteiger partial charge on any atom is 0.240 e. The second-order valence-corrected chi connectivity index (χ2v) is 4.15. The Morgan fingerprint density at radius 3 is 2.72 bits per heavy atom. The molecular weight excluding hydrogens is 302 g/mol. The highest BCUT2D eigenvalue weighted by Gasteiger charge is 2.21. The number of rotatable bonds is 4. The minimum absolute atomic E-state index is 0.329. The van der Waals surface area contributed by atoms with Crippen molar-refractivity contribution in [1.82, 2.24) is 9.97 Å². The lowest BCUT2D eigenvalue weighted by Crippen LogP contribution is -2.15. The van der Waals surface area contributed by atoms with Gasteiger partial charge in [-0.25, -0.2) is 4.98 Å². The van der Waals surface area contributed by atoms with Crippen molar-refractivity contribution < 1.29 is 13.9 Å². The van der Waals surface area contributed by atoms with Crippen LogP contribution in [0.25, 0.3) is 0 Å². The van der Waals surface area contributed by atoms with Crippen LogP contribution in [0.1, 0.15) is 17.3 Å². The molecule has 6 nitrogen and oxygen atoms in total. The van der Waals surface area contributed by atoms with E-state index in [4.69, 9.17) is 19.6 Å². The van der Waals surface area contributed by atoms with E-state index in [1.54, 1.807) is 12.3 Å². The molecule has 0 radical (unpaired) electrons. The third-order valence-electron chi connectivity index (χ3n) is 2.42. The molecule has 0 bridgehead atoms. The Kier molecular flexibility index (Phi) is 3.83. The van der Waals surface area contributed by atoms with Gasteiger partial charge in [-0.05, 0) is 22.0 Å². The first-order chi connectivity index (χ1) is 8.67. The summed E-state index contributed by atoms with van der Waals surface area (Å²) in [5.74, 6) is 0.698. The van der Waals surface area contributed by atoms with Gasteiger partial charge in [0, 0.05) is 5.56 Å². The standard InChI is InChI=1S/C11H12BrN3O3/c1-16-7-5-14-9(11(15-7)17-2)8(13)6-3-4-18-10(6)12/h3-5,8H,13H2,1-2H3. The fourth-order valence-corrected chi connectivity index (χ4v) is 1.99. The first-order valence-corrected chi connectivity index (χ1v) is 5.90. The smallest absolute Gasteiger partial charge is 0.240 e.